The average molecular weight is 211 g/mol. The van der Waals surface area contributed by atoms with Crippen LogP contribution in [0.15, 0.2) is 30.5 Å². The Labute approximate surface area is 86.0 Å². The predicted octanol–water partition coefficient (Wildman–Crippen LogP) is 3.05. The second kappa shape index (κ2) is 3.68. The van der Waals surface area contributed by atoms with Crippen molar-refractivity contribution in [2.45, 2.75) is 20.4 Å². The SMILES string of the molecule is C=C[Si](C)(Cl)c1cc(C)cc(C)c1. The van der Waals surface area contributed by atoms with Crippen molar-refractivity contribution in [1.29, 1.82) is 0 Å². The fraction of sp³-hybridized carbons (Fsp3) is 0.273. The van der Waals surface area contributed by atoms with Gasteiger partial charge in [0.15, 0.2) is 0 Å². The lowest BCUT2D eigenvalue weighted by atomic mass is 10.2. The lowest BCUT2D eigenvalue weighted by Crippen LogP contribution is -2.37. The third-order valence-corrected chi connectivity index (χ3v) is 5.47. The first-order valence-corrected chi connectivity index (χ1v) is 7.96. The maximum atomic E-state index is 6.41. The first kappa shape index (κ1) is 10.5. The summed E-state index contributed by atoms with van der Waals surface area (Å²) in [7, 11) is -1.88. The van der Waals surface area contributed by atoms with Crippen LogP contribution in [-0.2, 0) is 0 Å². The van der Waals surface area contributed by atoms with E-state index in [9.17, 15) is 0 Å². The van der Waals surface area contributed by atoms with Gasteiger partial charge in [0.25, 0.3) is 0 Å². The summed E-state index contributed by atoms with van der Waals surface area (Å²) in [6.07, 6.45) is 0. The minimum absolute atomic E-state index is 1.25. The fourth-order valence-corrected chi connectivity index (χ4v) is 2.96. The molecule has 0 N–H and O–H groups in total. The zero-order chi connectivity index (χ0) is 10.1. The molecule has 0 heterocycles. The van der Waals surface area contributed by atoms with Gasteiger partial charge in [0.2, 0.25) is 7.38 Å². The highest BCUT2D eigenvalue weighted by Crippen LogP contribution is 2.12. The molecule has 70 valence electrons. The molecule has 13 heavy (non-hydrogen) atoms. The molecule has 0 saturated heterocycles. The zero-order valence-electron chi connectivity index (χ0n) is 8.39. The number of aryl methyl sites for hydroxylation is 2. The van der Waals surface area contributed by atoms with Gasteiger partial charge >= 0.3 is 0 Å². The van der Waals surface area contributed by atoms with E-state index in [2.05, 4.69) is 45.2 Å². The molecule has 0 fully saturated rings. The van der Waals surface area contributed by atoms with Gasteiger partial charge in [-0.3, -0.25) is 0 Å². The molecule has 0 nitrogen and oxygen atoms in total. The molecule has 0 aliphatic rings. The largest absolute Gasteiger partial charge is 0.206 e. The molecule has 0 aliphatic heterocycles. The summed E-state index contributed by atoms with van der Waals surface area (Å²) in [6.45, 7) is 10.1. The van der Waals surface area contributed by atoms with Gasteiger partial charge < -0.3 is 0 Å². The Morgan fingerprint density at radius 2 is 1.69 bits per heavy atom. The Kier molecular flexibility index (Phi) is 2.99. The Hall–Kier alpha value is -0.533. The summed E-state index contributed by atoms with van der Waals surface area (Å²) < 4.78 is 0. The Morgan fingerprint density at radius 3 is 2.08 bits per heavy atom. The molecule has 0 radical (unpaired) electrons. The second-order valence-electron chi connectivity index (χ2n) is 3.66. The molecule has 0 saturated carbocycles. The normalized spacial score (nSPS) is 15.1. The lowest BCUT2D eigenvalue weighted by molar-refractivity contribution is 1.40. The Morgan fingerprint density at radius 1 is 1.23 bits per heavy atom. The van der Waals surface area contributed by atoms with Crippen molar-refractivity contribution < 1.29 is 0 Å². The first-order chi connectivity index (χ1) is 5.95. The van der Waals surface area contributed by atoms with Gasteiger partial charge in [-0.2, -0.15) is 11.1 Å². The van der Waals surface area contributed by atoms with Crippen LogP contribution < -0.4 is 5.19 Å². The van der Waals surface area contributed by atoms with E-state index in [0.29, 0.717) is 0 Å². The van der Waals surface area contributed by atoms with Crippen molar-refractivity contribution in [3.63, 3.8) is 0 Å². The first-order valence-electron chi connectivity index (χ1n) is 4.37. The summed E-state index contributed by atoms with van der Waals surface area (Å²) in [5.74, 6) is 0. The minimum atomic E-state index is -1.88. The quantitative estimate of drug-likeness (QED) is 0.520. The molecule has 0 spiro atoms. The van der Waals surface area contributed by atoms with Crippen LogP contribution >= 0.6 is 11.1 Å². The van der Waals surface area contributed by atoms with E-state index in [1.807, 2.05) is 5.70 Å². The molecule has 1 atom stereocenters. The van der Waals surface area contributed by atoms with Crippen molar-refractivity contribution in [3.8, 4) is 0 Å². The van der Waals surface area contributed by atoms with E-state index in [-0.39, 0.29) is 0 Å². The van der Waals surface area contributed by atoms with Crippen LogP contribution in [0.4, 0.5) is 0 Å². The van der Waals surface area contributed by atoms with E-state index in [1.165, 1.54) is 16.3 Å². The van der Waals surface area contributed by atoms with Gasteiger partial charge in [-0.05, 0) is 25.6 Å². The van der Waals surface area contributed by atoms with E-state index in [4.69, 9.17) is 11.1 Å². The van der Waals surface area contributed by atoms with E-state index >= 15 is 0 Å². The standard InChI is InChI=1S/C11H15ClSi/c1-5-13(4,12)11-7-9(2)6-10(3)8-11/h5-8H,1H2,2-4H3. The number of rotatable bonds is 2. The molecule has 1 rings (SSSR count). The van der Waals surface area contributed by atoms with Crippen LogP contribution in [0.25, 0.3) is 0 Å². The van der Waals surface area contributed by atoms with Crippen molar-refractivity contribution in [1.82, 2.24) is 0 Å². The topological polar surface area (TPSA) is 0 Å². The maximum absolute atomic E-state index is 6.41. The highest BCUT2D eigenvalue weighted by atomic mass is 35.6. The van der Waals surface area contributed by atoms with Crippen LogP contribution in [0.5, 0.6) is 0 Å². The van der Waals surface area contributed by atoms with Crippen molar-refractivity contribution in [2.24, 2.45) is 0 Å². The average Bonchev–Trinajstić information content (AvgIpc) is 2.02. The van der Waals surface area contributed by atoms with Crippen LogP contribution in [0.3, 0.4) is 0 Å². The molecule has 0 aliphatic carbocycles. The van der Waals surface area contributed by atoms with Crippen molar-refractivity contribution >= 4 is 23.6 Å². The smallest absolute Gasteiger partial charge is 0.156 e. The summed E-state index contributed by atoms with van der Waals surface area (Å²) in [4.78, 5) is 0. The fourth-order valence-electron chi connectivity index (χ4n) is 1.37. The predicted molar refractivity (Wildman–Crippen MR) is 63.2 cm³/mol. The maximum Gasteiger partial charge on any atom is 0.206 e. The summed E-state index contributed by atoms with van der Waals surface area (Å²) in [5, 5.41) is 1.25. The number of benzene rings is 1. The van der Waals surface area contributed by atoms with Gasteiger partial charge in [-0.25, -0.2) is 0 Å². The highest BCUT2D eigenvalue weighted by Gasteiger charge is 2.22. The third kappa shape index (κ3) is 2.45. The summed E-state index contributed by atoms with van der Waals surface area (Å²) >= 11 is 6.41. The highest BCUT2D eigenvalue weighted by molar-refractivity contribution is 7.29. The third-order valence-electron chi connectivity index (χ3n) is 2.17. The van der Waals surface area contributed by atoms with Gasteiger partial charge in [-0.1, -0.05) is 35.0 Å². The van der Waals surface area contributed by atoms with E-state index in [1.54, 1.807) is 0 Å². The van der Waals surface area contributed by atoms with Gasteiger partial charge in [0, 0.05) is 0 Å². The van der Waals surface area contributed by atoms with Crippen LogP contribution in [0, 0.1) is 13.8 Å². The number of halogens is 1. The molecule has 1 unspecified atom stereocenters. The van der Waals surface area contributed by atoms with E-state index < -0.39 is 7.38 Å². The molecular formula is C11H15ClSi. The lowest BCUT2D eigenvalue weighted by Gasteiger charge is -2.16. The summed E-state index contributed by atoms with van der Waals surface area (Å²) in [5.41, 5.74) is 4.45. The van der Waals surface area contributed by atoms with Crippen LogP contribution in [0.1, 0.15) is 11.1 Å². The number of hydrogen-bond donors (Lipinski definition) is 0. The zero-order valence-corrected chi connectivity index (χ0v) is 10.2. The molecule has 1 aromatic carbocycles. The van der Waals surface area contributed by atoms with Crippen LogP contribution in [-0.4, -0.2) is 7.38 Å². The van der Waals surface area contributed by atoms with Gasteiger partial charge in [0.1, 0.15) is 0 Å². The van der Waals surface area contributed by atoms with Crippen molar-refractivity contribution in [2.75, 3.05) is 0 Å². The molecule has 2 heteroatoms. The molecule has 0 aromatic heterocycles. The second-order valence-corrected chi connectivity index (χ2v) is 9.15. The molecule has 0 bridgehead atoms. The van der Waals surface area contributed by atoms with Gasteiger partial charge in [-0.15, -0.1) is 6.58 Å². The van der Waals surface area contributed by atoms with Gasteiger partial charge in [0.05, 0.1) is 0 Å². The van der Waals surface area contributed by atoms with E-state index in [0.717, 1.165) is 0 Å². The summed E-state index contributed by atoms with van der Waals surface area (Å²) in [6, 6.07) is 6.48. The Balaban J connectivity index is 3.22. The monoisotopic (exact) mass is 210 g/mol. The van der Waals surface area contributed by atoms with Crippen molar-refractivity contribution in [3.05, 3.63) is 41.6 Å². The van der Waals surface area contributed by atoms with Crippen LogP contribution in [0.2, 0.25) is 6.55 Å². The molecule has 0 amide bonds. The Bertz CT molecular complexity index is 309. The molecular weight excluding hydrogens is 196 g/mol. The molecule has 1 aromatic rings. The number of hydrogen-bond acceptors (Lipinski definition) is 0. The minimum Gasteiger partial charge on any atom is -0.156 e.